The number of benzene rings is 2. The zero-order valence-electron chi connectivity index (χ0n) is 13.2. The van der Waals surface area contributed by atoms with Crippen molar-refractivity contribution in [3.63, 3.8) is 0 Å². The Morgan fingerprint density at radius 2 is 1.92 bits per heavy atom. The molecule has 0 aliphatic rings. The van der Waals surface area contributed by atoms with Crippen molar-refractivity contribution in [2.24, 2.45) is 0 Å². The average molecular weight is 343 g/mol. The van der Waals surface area contributed by atoms with Crippen LogP contribution >= 0.6 is 0 Å². The molecule has 0 aliphatic carbocycles. The molecule has 7 nitrogen and oxygen atoms in total. The number of amides is 2. The molecule has 25 heavy (non-hydrogen) atoms. The Balaban J connectivity index is 1.82. The number of anilines is 2. The van der Waals surface area contributed by atoms with Crippen molar-refractivity contribution in [2.75, 3.05) is 10.6 Å². The van der Waals surface area contributed by atoms with Crippen molar-refractivity contribution < 1.29 is 18.4 Å². The first kappa shape index (κ1) is 16.4. The summed E-state index contributed by atoms with van der Waals surface area (Å²) in [6.07, 6.45) is 0. The third kappa shape index (κ3) is 3.57. The Morgan fingerprint density at radius 1 is 1.16 bits per heavy atom. The van der Waals surface area contributed by atoms with E-state index in [4.69, 9.17) is 4.42 Å². The normalized spacial score (nSPS) is 10.6. The van der Waals surface area contributed by atoms with Crippen molar-refractivity contribution >= 4 is 34.3 Å². The van der Waals surface area contributed by atoms with Gasteiger partial charge in [0.15, 0.2) is 5.58 Å². The van der Waals surface area contributed by atoms with Crippen LogP contribution in [0.2, 0.25) is 0 Å². The smallest absolute Gasteiger partial charge is 0.408 e. The number of carbonyl (C=O) groups excluding carboxylic acids is 2. The number of fused-ring (bicyclic) bond motifs is 1. The molecule has 0 bridgehead atoms. The summed E-state index contributed by atoms with van der Waals surface area (Å²) >= 11 is 0. The molecule has 3 rings (SSSR count). The molecule has 2 amide bonds. The highest BCUT2D eigenvalue weighted by Gasteiger charge is 2.14. The van der Waals surface area contributed by atoms with Gasteiger partial charge in [0, 0.05) is 12.6 Å². The second-order valence-electron chi connectivity index (χ2n) is 5.35. The van der Waals surface area contributed by atoms with E-state index in [-0.39, 0.29) is 18.1 Å². The van der Waals surface area contributed by atoms with Crippen LogP contribution in [0.4, 0.5) is 15.8 Å². The van der Waals surface area contributed by atoms with Crippen LogP contribution < -0.4 is 16.4 Å². The number of nitrogens with one attached hydrogen (secondary N) is 2. The first-order chi connectivity index (χ1) is 11.9. The molecule has 2 aromatic carbocycles. The highest BCUT2D eigenvalue weighted by molar-refractivity contribution is 5.93. The van der Waals surface area contributed by atoms with E-state index >= 15 is 0 Å². The lowest BCUT2D eigenvalue weighted by atomic mass is 10.2. The fourth-order valence-corrected chi connectivity index (χ4v) is 2.40. The lowest BCUT2D eigenvalue weighted by molar-refractivity contribution is -0.117. The Labute approximate surface area is 141 Å². The van der Waals surface area contributed by atoms with Crippen LogP contribution in [0, 0.1) is 5.82 Å². The standard InChI is InChI=1S/C17H14FN3O4/c1-10(22)19-11-6-7-12(18)13(8-11)20-16(23)9-21-14-4-2-3-5-15(14)25-17(21)24/h2-8H,9H2,1H3,(H,19,22)(H,20,23). The molecular weight excluding hydrogens is 329 g/mol. The van der Waals surface area contributed by atoms with Gasteiger partial charge in [-0.1, -0.05) is 12.1 Å². The first-order valence-electron chi connectivity index (χ1n) is 7.39. The molecule has 0 atom stereocenters. The average Bonchev–Trinajstić information content (AvgIpc) is 2.86. The second kappa shape index (κ2) is 6.60. The fraction of sp³-hybridized carbons (Fsp3) is 0.118. The highest BCUT2D eigenvalue weighted by atomic mass is 19.1. The van der Waals surface area contributed by atoms with Gasteiger partial charge >= 0.3 is 5.76 Å². The van der Waals surface area contributed by atoms with Crippen LogP contribution in [-0.4, -0.2) is 16.4 Å². The van der Waals surface area contributed by atoms with Crippen molar-refractivity contribution in [3.05, 3.63) is 58.8 Å². The molecular formula is C17H14FN3O4. The topological polar surface area (TPSA) is 93.3 Å². The van der Waals surface area contributed by atoms with Gasteiger partial charge in [-0.15, -0.1) is 0 Å². The van der Waals surface area contributed by atoms with E-state index in [2.05, 4.69) is 10.6 Å². The number of hydrogen-bond acceptors (Lipinski definition) is 4. The molecule has 1 aromatic heterocycles. The van der Waals surface area contributed by atoms with E-state index in [0.717, 1.165) is 10.6 Å². The van der Waals surface area contributed by atoms with E-state index in [0.29, 0.717) is 16.8 Å². The number of hydrogen-bond donors (Lipinski definition) is 2. The molecule has 0 saturated carbocycles. The number of nitrogens with zero attached hydrogens (tertiary/aromatic N) is 1. The summed E-state index contributed by atoms with van der Waals surface area (Å²) in [5.74, 6) is -2.26. The predicted molar refractivity (Wildman–Crippen MR) is 89.8 cm³/mol. The molecule has 1 heterocycles. The minimum atomic E-state index is -0.677. The number of halogens is 1. The third-order valence-electron chi connectivity index (χ3n) is 3.44. The molecule has 0 radical (unpaired) electrons. The predicted octanol–water partition coefficient (Wildman–Crippen LogP) is 2.33. The molecule has 8 heteroatoms. The molecule has 128 valence electrons. The van der Waals surface area contributed by atoms with Crippen molar-refractivity contribution in [2.45, 2.75) is 13.5 Å². The van der Waals surface area contributed by atoms with E-state index < -0.39 is 17.5 Å². The molecule has 3 aromatic rings. The van der Waals surface area contributed by atoms with Crippen LogP contribution in [0.25, 0.3) is 11.1 Å². The lowest BCUT2D eigenvalue weighted by Crippen LogP contribution is -2.25. The molecule has 0 aliphatic heterocycles. The van der Waals surface area contributed by atoms with Crippen molar-refractivity contribution in [3.8, 4) is 0 Å². The van der Waals surface area contributed by atoms with Crippen LogP contribution in [0.15, 0.2) is 51.7 Å². The Morgan fingerprint density at radius 3 is 2.68 bits per heavy atom. The molecule has 0 unspecified atom stereocenters. The van der Waals surface area contributed by atoms with E-state index in [1.54, 1.807) is 24.3 Å². The van der Waals surface area contributed by atoms with E-state index in [1.165, 1.54) is 19.1 Å². The number of rotatable bonds is 4. The zero-order chi connectivity index (χ0) is 18.0. The van der Waals surface area contributed by atoms with Crippen LogP contribution in [0.3, 0.4) is 0 Å². The van der Waals surface area contributed by atoms with Gasteiger partial charge in [-0.25, -0.2) is 9.18 Å². The highest BCUT2D eigenvalue weighted by Crippen LogP contribution is 2.20. The fourth-order valence-electron chi connectivity index (χ4n) is 2.40. The maximum atomic E-state index is 13.9. The first-order valence-corrected chi connectivity index (χ1v) is 7.39. The van der Waals surface area contributed by atoms with Crippen molar-refractivity contribution in [1.82, 2.24) is 4.57 Å². The van der Waals surface area contributed by atoms with Gasteiger partial charge in [0.2, 0.25) is 11.8 Å². The Kier molecular flexibility index (Phi) is 4.34. The Hall–Kier alpha value is -3.42. The van der Waals surface area contributed by atoms with Crippen molar-refractivity contribution in [1.29, 1.82) is 0 Å². The summed E-state index contributed by atoms with van der Waals surface area (Å²) in [6, 6.07) is 10.5. The summed E-state index contributed by atoms with van der Waals surface area (Å²) in [4.78, 5) is 35.1. The SMILES string of the molecule is CC(=O)Nc1ccc(F)c(NC(=O)Cn2c(=O)oc3ccccc32)c1. The molecule has 0 spiro atoms. The maximum absolute atomic E-state index is 13.9. The Bertz CT molecular complexity index is 1020. The van der Waals surface area contributed by atoms with Gasteiger partial charge in [-0.3, -0.25) is 14.2 Å². The minimum absolute atomic E-state index is 0.0999. The van der Waals surface area contributed by atoms with Crippen LogP contribution in [-0.2, 0) is 16.1 Å². The third-order valence-corrected chi connectivity index (χ3v) is 3.44. The summed E-state index contributed by atoms with van der Waals surface area (Å²) in [6.45, 7) is 0.984. The molecule has 0 saturated heterocycles. The summed E-state index contributed by atoms with van der Waals surface area (Å²) in [7, 11) is 0. The van der Waals surface area contributed by atoms with Gasteiger partial charge in [0.1, 0.15) is 12.4 Å². The number of oxazole rings is 1. The van der Waals surface area contributed by atoms with Gasteiger partial charge < -0.3 is 15.1 Å². The summed E-state index contributed by atoms with van der Waals surface area (Å²) < 4.78 is 20.1. The summed E-state index contributed by atoms with van der Waals surface area (Å²) in [5.41, 5.74) is 1.07. The quantitative estimate of drug-likeness (QED) is 0.760. The number of carbonyl (C=O) groups is 2. The van der Waals surface area contributed by atoms with Gasteiger partial charge in [-0.2, -0.15) is 0 Å². The van der Waals surface area contributed by atoms with Crippen LogP contribution in [0.1, 0.15) is 6.92 Å². The molecule has 2 N–H and O–H groups in total. The maximum Gasteiger partial charge on any atom is 0.420 e. The monoisotopic (exact) mass is 343 g/mol. The van der Waals surface area contributed by atoms with E-state index in [9.17, 15) is 18.8 Å². The van der Waals surface area contributed by atoms with Crippen LogP contribution in [0.5, 0.6) is 0 Å². The second-order valence-corrected chi connectivity index (χ2v) is 5.35. The largest absolute Gasteiger partial charge is 0.420 e. The molecule has 0 fully saturated rings. The number of para-hydroxylation sites is 2. The van der Waals surface area contributed by atoms with Gasteiger partial charge in [0.25, 0.3) is 0 Å². The summed E-state index contributed by atoms with van der Waals surface area (Å²) in [5, 5.41) is 4.88. The van der Waals surface area contributed by atoms with Gasteiger partial charge in [-0.05, 0) is 30.3 Å². The lowest BCUT2D eigenvalue weighted by Gasteiger charge is -2.09. The van der Waals surface area contributed by atoms with E-state index in [1.807, 2.05) is 0 Å². The van der Waals surface area contributed by atoms with Gasteiger partial charge in [0.05, 0.1) is 11.2 Å². The minimum Gasteiger partial charge on any atom is -0.408 e. The number of aromatic nitrogens is 1. The zero-order valence-corrected chi connectivity index (χ0v) is 13.2.